The van der Waals surface area contributed by atoms with Gasteiger partial charge in [-0.3, -0.25) is 4.79 Å². The minimum absolute atomic E-state index is 0.211. The van der Waals surface area contributed by atoms with E-state index in [9.17, 15) is 4.79 Å². The molecule has 0 aliphatic rings. The van der Waals surface area contributed by atoms with Gasteiger partial charge in [-0.05, 0) is 36.4 Å². The third-order valence-corrected chi connectivity index (χ3v) is 3.10. The molecule has 0 bridgehead atoms. The van der Waals surface area contributed by atoms with Gasteiger partial charge in [0.15, 0.2) is 0 Å². The van der Waals surface area contributed by atoms with E-state index in [1.807, 2.05) is 12.1 Å². The van der Waals surface area contributed by atoms with Crippen molar-refractivity contribution in [3.8, 4) is 11.4 Å². The zero-order valence-electron chi connectivity index (χ0n) is 10.8. The molecule has 6 heteroatoms. The maximum atomic E-state index is 12.1. The summed E-state index contributed by atoms with van der Waals surface area (Å²) in [5.41, 5.74) is 1.94. The lowest BCUT2D eigenvalue weighted by atomic mass is 10.1. The summed E-state index contributed by atoms with van der Waals surface area (Å²) in [6, 6.07) is 13.9. The molecular formula is C15H10ClN3O2. The highest BCUT2D eigenvalue weighted by atomic mass is 35.5. The van der Waals surface area contributed by atoms with Crippen molar-refractivity contribution in [1.29, 1.82) is 0 Å². The van der Waals surface area contributed by atoms with Crippen molar-refractivity contribution < 1.29 is 9.32 Å². The summed E-state index contributed by atoms with van der Waals surface area (Å²) in [6.07, 6.45) is 1.26. The first-order chi connectivity index (χ1) is 10.2. The molecule has 104 valence electrons. The molecule has 0 aliphatic carbocycles. The number of hydrogen-bond donors (Lipinski definition) is 1. The van der Waals surface area contributed by atoms with Gasteiger partial charge in [-0.15, -0.1) is 0 Å². The lowest BCUT2D eigenvalue weighted by molar-refractivity contribution is 0.102. The molecule has 21 heavy (non-hydrogen) atoms. The van der Waals surface area contributed by atoms with Gasteiger partial charge in [0.1, 0.15) is 0 Å². The van der Waals surface area contributed by atoms with Gasteiger partial charge in [-0.25, -0.2) is 0 Å². The number of benzene rings is 2. The second-order valence-corrected chi connectivity index (χ2v) is 4.73. The Hall–Kier alpha value is -2.66. The van der Waals surface area contributed by atoms with E-state index in [1.165, 1.54) is 6.39 Å². The lowest BCUT2D eigenvalue weighted by Gasteiger charge is -2.06. The number of anilines is 1. The number of carbonyl (C=O) groups is 1. The highest BCUT2D eigenvalue weighted by molar-refractivity contribution is 6.30. The van der Waals surface area contributed by atoms with Gasteiger partial charge in [-0.2, -0.15) is 4.98 Å². The molecule has 0 fully saturated rings. The van der Waals surface area contributed by atoms with Crippen LogP contribution in [-0.4, -0.2) is 16.0 Å². The molecular weight excluding hydrogens is 290 g/mol. The quantitative estimate of drug-likeness (QED) is 0.801. The largest absolute Gasteiger partial charge is 0.342 e. The van der Waals surface area contributed by atoms with Crippen molar-refractivity contribution in [3.05, 3.63) is 65.5 Å². The number of amides is 1. The fourth-order valence-corrected chi connectivity index (χ4v) is 1.96. The maximum Gasteiger partial charge on any atom is 0.255 e. The zero-order chi connectivity index (χ0) is 14.7. The normalized spacial score (nSPS) is 10.3. The Bertz CT molecular complexity index is 755. The lowest BCUT2D eigenvalue weighted by Crippen LogP contribution is -2.11. The van der Waals surface area contributed by atoms with Gasteiger partial charge in [0.25, 0.3) is 5.91 Å². The molecule has 1 N–H and O–H groups in total. The van der Waals surface area contributed by atoms with Gasteiger partial charge in [0.2, 0.25) is 12.2 Å². The number of carbonyl (C=O) groups excluding carboxylic acids is 1. The van der Waals surface area contributed by atoms with Crippen molar-refractivity contribution in [1.82, 2.24) is 10.1 Å². The summed E-state index contributed by atoms with van der Waals surface area (Å²) in [4.78, 5) is 16.1. The smallest absolute Gasteiger partial charge is 0.255 e. The third kappa shape index (κ3) is 3.09. The highest BCUT2D eigenvalue weighted by Crippen LogP contribution is 2.20. The molecule has 0 unspecified atom stereocenters. The first-order valence-electron chi connectivity index (χ1n) is 6.16. The SMILES string of the molecule is O=C(Nc1cccc(-c2ncon2)c1)c1ccc(Cl)cc1. The van der Waals surface area contributed by atoms with E-state index >= 15 is 0 Å². The van der Waals surface area contributed by atoms with Crippen LogP contribution in [0.3, 0.4) is 0 Å². The van der Waals surface area contributed by atoms with Crippen molar-refractivity contribution in [2.24, 2.45) is 0 Å². The Morgan fingerprint density at radius 3 is 2.67 bits per heavy atom. The first kappa shape index (κ1) is 13.3. The van der Waals surface area contributed by atoms with E-state index < -0.39 is 0 Å². The van der Waals surface area contributed by atoms with Crippen LogP contribution in [0.4, 0.5) is 5.69 Å². The van der Waals surface area contributed by atoms with Crippen molar-refractivity contribution >= 4 is 23.2 Å². The molecule has 0 radical (unpaired) electrons. The second kappa shape index (κ2) is 5.76. The predicted octanol–water partition coefficient (Wildman–Crippen LogP) is 3.64. The minimum Gasteiger partial charge on any atom is -0.342 e. The van der Waals surface area contributed by atoms with E-state index in [0.717, 1.165) is 5.56 Å². The van der Waals surface area contributed by atoms with E-state index in [0.29, 0.717) is 22.1 Å². The Balaban J connectivity index is 1.80. The molecule has 2 aromatic carbocycles. The molecule has 5 nitrogen and oxygen atoms in total. The van der Waals surface area contributed by atoms with Crippen LogP contribution in [0.2, 0.25) is 5.02 Å². The Morgan fingerprint density at radius 1 is 1.14 bits per heavy atom. The molecule has 0 spiro atoms. The van der Waals surface area contributed by atoms with Crippen LogP contribution in [0.1, 0.15) is 10.4 Å². The molecule has 1 heterocycles. The van der Waals surface area contributed by atoms with Crippen LogP contribution in [-0.2, 0) is 0 Å². The van der Waals surface area contributed by atoms with Crippen molar-refractivity contribution in [2.75, 3.05) is 5.32 Å². The van der Waals surface area contributed by atoms with Crippen LogP contribution in [0.25, 0.3) is 11.4 Å². The van der Waals surface area contributed by atoms with Gasteiger partial charge in [-0.1, -0.05) is 28.9 Å². The average molecular weight is 300 g/mol. The van der Waals surface area contributed by atoms with E-state index in [1.54, 1.807) is 36.4 Å². The van der Waals surface area contributed by atoms with Crippen LogP contribution >= 0.6 is 11.6 Å². The van der Waals surface area contributed by atoms with E-state index in [4.69, 9.17) is 16.1 Å². The highest BCUT2D eigenvalue weighted by Gasteiger charge is 2.08. The van der Waals surface area contributed by atoms with Crippen LogP contribution in [0.5, 0.6) is 0 Å². The summed E-state index contributed by atoms with van der Waals surface area (Å²) in [7, 11) is 0. The molecule has 3 rings (SSSR count). The molecule has 0 aliphatic heterocycles. The zero-order valence-corrected chi connectivity index (χ0v) is 11.5. The van der Waals surface area contributed by atoms with Crippen molar-refractivity contribution in [3.63, 3.8) is 0 Å². The molecule has 0 atom stereocenters. The van der Waals surface area contributed by atoms with Gasteiger partial charge in [0, 0.05) is 21.8 Å². The molecule has 0 saturated carbocycles. The van der Waals surface area contributed by atoms with E-state index in [-0.39, 0.29) is 5.91 Å². The number of rotatable bonds is 3. The standard InChI is InChI=1S/C15H10ClN3O2/c16-12-6-4-10(5-7-12)15(20)18-13-3-1-2-11(8-13)14-17-9-21-19-14/h1-9H,(H,18,20). The van der Waals surface area contributed by atoms with E-state index in [2.05, 4.69) is 15.5 Å². The number of nitrogens with zero attached hydrogens (tertiary/aromatic N) is 2. The topological polar surface area (TPSA) is 68.0 Å². The summed E-state index contributed by atoms with van der Waals surface area (Å²) in [5, 5.41) is 7.16. The fourth-order valence-electron chi connectivity index (χ4n) is 1.84. The molecule has 1 amide bonds. The Labute approximate surface area is 125 Å². The average Bonchev–Trinajstić information content (AvgIpc) is 3.02. The number of hydrogen-bond acceptors (Lipinski definition) is 4. The predicted molar refractivity (Wildman–Crippen MR) is 79.1 cm³/mol. The fraction of sp³-hybridized carbons (Fsp3) is 0. The summed E-state index contributed by atoms with van der Waals surface area (Å²) in [6.45, 7) is 0. The number of nitrogens with one attached hydrogen (secondary N) is 1. The third-order valence-electron chi connectivity index (χ3n) is 2.85. The van der Waals surface area contributed by atoms with Crippen LogP contribution < -0.4 is 5.32 Å². The maximum absolute atomic E-state index is 12.1. The summed E-state index contributed by atoms with van der Waals surface area (Å²) < 4.78 is 4.71. The second-order valence-electron chi connectivity index (χ2n) is 4.30. The minimum atomic E-state index is -0.211. The Morgan fingerprint density at radius 2 is 1.95 bits per heavy atom. The van der Waals surface area contributed by atoms with Crippen LogP contribution in [0, 0.1) is 0 Å². The van der Waals surface area contributed by atoms with Gasteiger partial charge < -0.3 is 9.84 Å². The summed E-state index contributed by atoms with van der Waals surface area (Å²) >= 11 is 5.80. The van der Waals surface area contributed by atoms with Gasteiger partial charge >= 0.3 is 0 Å². The van der Waals surface area contributed by atoms with Crippen LogP contribution in [0.15, 0.2) is 59.4 Å². The summed E-state index contributed by atoms with van der Waals surface area (Å²) in [5.74, 6) is 0.259. The molecule has 1 aromatic heterocycles. The van der Waals surface area contributed by atoms with Gasteiger partial charge in [0.05, 0.1) is 0 Å². The molecule has 3 aromatic rings. The first-order valence-corrected chi connectivity index (χ1v) is 6.54. The monoisotopic (exact) mass is 299 g/mol. The number of halogens is 1. The van der Waals surface area contributed by atoms with Crippen molar-refractivity contribution in [2.45, 2.75) is 0 Å². The Kier molecular flexibility index (Phi) is 3.66. The molecule has 0 saturated heterocycles. The number of aromatic nitrogens is 2.